The monoisotopic (exact) mass is 246 g/mol. The number of nitrogens with zero attached hydrogens (tertiary/aromatic N) is 1. The molecule has 3 nitrogen and oxygen atoms in total. The molecule has 2 fully saturated rings. The lowest BCUT2D eigenvalue weighted by Crippen LogP contribution is -2.43. The summed E-state index contributed by atoms with van der Waals surface area (Å²) in [5, 5.41) is 0. The second-order valence-electron chi connectivity index (χ2n) is 5.61. The zero-order valence-corrected chi connectivity index (χ0v) is 11.0. The maximum Gasteiger partial charge on any atom is 0.120 e. The quantitative estimate of drug-likeness (QED) is 0.888. The first kappa shape index (κ1) is 12.0. The number of nitrogens with two attached hydrogens (primary N) is 1. The Morgan fingerprint density at radius 2 is 2.00 bits per heavy atom. The molecule has 2 atom stereocenters. The lowest BCUT2D eigenvalue weighted by atomic mass is 10.0. The molecular formula is C15H22N2O. The van der Waals surface area contributed by atoms with E-state index >= 15 is 0 Å². The SMILES string of the molecule is CN1C2CCC1CC(Oc1cccc(CN)c1)C2. The molecule has 2 unspecified atom stereocenters. The summed E-state index contributed by atoms with van der Waals surface area (Å²) in [5.41, 5.74) is 6.80. The number of hydrogen-bond donors (Lipinski definition) is 1. The maximum absolute atomic E-state index is 6.14. The highest BCUT2D eigenvalue weighted by Crippen LogP contribution is 2.35. The third-order valence-electron chi connectivity index (χ3n) is 4.49. The average Bonchev–Trinajstić information content (AvgIpc) is 2.62. The Bertz CT molecular complexity index is 407. The normalized spacial score (nSPS) is 31.6. The van der Waals surface area contributed by atoms with E-state index in [4.69, 9.17) is 10.5 Å². The Hall–Kier alpha value is -1.06. The lowest BCUT2D eigenvalue weighted by Gasteiger charge is -2.36. The fourth-order valence-corrected chi connectivity index (χ4v) is 3.40. The fraction of sp³-hybridized carbons (Fsp3) is 0.600. The molecular weight excluding hydrogens is 224 g/mol. The summed E-state index contributed by atoms with van der Waals surface area (Å²) in [7, 11) is 2.26. The van der Waals surface area contributed by atoms with Crippen LogP contribution >= 0.6 is 0 Å². The van der Waals surface area contributed by atoms with Crippen LogP contribution in [0.15, 0.2) is 24.3 Å². The van der Waals surface area contributed by atoms with Gasteiger partial charge in [0.1, 0.15) is 11.9 Å². The van der Waals surface area contributed by atoms with Crippen LogP contribution < -0.4 is 10.5 Å². The predicted octanol–water partition coefficient (Wildman–Crippen LogP) is 2.15. The molecule has 2 aliphatic heterocycles. The van der Waals surface area contributed by atoms with Gasteiger partial charge in [0.2, 0.25) is 0 Å². The van der Waals surface area contributed by atoms with Crippen molar-refractivity contribution in [2.45, 2.75) is 50.4 Å². The predicted molar refractivity (Wildman–Crippen MR) is 72.6 cm³/mol. The van der Waals surface area contributed by atoms with E-state index in [0.29, 0.717) is 12.6 Å². The molecule has 1 aromatic rings. The van der Waals surface area contributed by atoms with Crippen LogP contribution in [0.2, 0.25) is 0 Å². The Morgan fingerprint density at radius 3 is 2.67 bits per heavy atom. The van der Waals surface area contributed by atoms with E-state index in [0.717, 1.165) is 23.4 Å². The van der Waals surface area contributed by atoms with Crippen LogP contribution in [0.4, 0.5) is 0 Å². The number of hydrogen-bond acceptors (Lipinski definition) is 3. The lowest BCUT2D eigenvalue weighted by molar-refractivity contribution is 0.0661. The molecule has 0 radical (unpaired) electrons. The molecule has 3 rings (SSSR count). The van der Waals surface area contributed by atoms with Crippen molar-refractivity contribution in [1.29, 1.82) is 0 Å². The van der Waals surface area contributed by atoms with Crippen molar-refractivity contribution in [1.82, 2.24) is 4.90 Å². The van der Waals surface area contributed by atoms with E-state index < -0.39 is 0 Å². The van der Waals surface area contributed by atoms with E-state index in [1.54, 1.807) is 0 Å². The van der Waals surface area contributed by atoms with E-state index in [1.807, 2.05) is 18.2 Å². The number of piperidine rings is 1. The van der Waals surface area contributed by atoms with Crippen molar-refractivity contribution in [2.24, 2.45) is 5.73 Å². The van der Waals surface area contributed by atoms with Gasteiger partial charge in [0.25, 0.3) is 0 Å². The largest absolute Gasteiger partial charge is 0.490 e. The van der Waals surface area contributed by atoms with Gasteiger partial charge in [-0.05, 0) is 50.4 Å². The molecule has 2 aliphatic rings. The van der Waals surface area contributed by atoms with Crippen LogP contribution in [-0.4, -0.2) is 30.1 Å². The van der Waals surface area contributed by atoms with Crippen LogP contribution in [0, 0.1) is 0 Å². The summed E-state index contributed by atoms with van der Waals surface area (Å²) in [6, 6.07) is 9.64. The van der Waals surface area contributed by atoms with E-state index in [-0.39, 0.29) is 0 Å². The van der Waals surface area contributed by atoms with Gasteiger partial charge in [-0.2, -0.15) is 0 Å². The molecule has 2 bridgehead atoms. The summed E-state index contributed by atoms with van der Waals surface area (Å²) >= 11 is 0. The summed E-state index contributed by atoms with van der Waals surface area (Å²) in [4.78, 5) is 2.54. The minimum Gasteiger partial charge on any atom is -0.490 e. The zero-order valence-electron chi connectivity index (χ0n) is 11.0. The summed E-state index contributed by atoms with van der Waals surface area (Å²) < 4.78 is 6.14. The van der Waals surface area contributed by atoms with Crippen LogP contribution in [-0.2, 0) is 6.54 Å². The molecule has 0 aliphatic carbocycles. The van der Waals surface area contributed by atoms with Crippen molar-refractivity contribution in [3.05, 3.63) is 29.8 Å². The van der Waals surface area contributed by atoms with Crippen LogP contribution in [0.3, 0.4) is 0 Å². The van der Waals surface area contributed by atoms with Crippen molar-refractivity contribution in [3.63, 3.8) is 0 Å². The van der Waals surface area contributed by atoms with Gasteiger partial charge < -0.3 is 15.4 Å². The van der Waals surface area contributed by atoms with Gasteiger partial charge in [0.05, 0.1) is 0 Å². The zero-order chi connectivity index (χ0) is 12.5. The Morgan fingerprint density at radius 1 is 1.28 bits per heavy atom. The van der Waals surface area contributed by atoms with Crippen molar-refractivity contribution < 1.29 is 4.74 Å². The second kappa shape index (κ2) is 4.90. The van der Waals surface area contributed by atoms with Gasteiger partial charge in [0, 0.05) is 18.6 Å². The highest BCUT2D eigenvalue weighted by atomic mass is 16.5. The molecule has 2 saturated heterocycles. The molecule has 98 valence electrons. The Balaban J connectivity index is 1.66. The number of rotatable bonds is 3. The number of fused-ring (bicyclic) bond motifs is 2. The molecule has 2 N–H and O–H groups in total. The van der Waals surface area contributed by atoms with Crippen molar-refractivity contribution in [3.8, 4) is 5.75 Å². The van der Waals surface area contributed by atoms with Gasteiger partial charge in [-0.1, -0.05) is 12.1 Å². The van der Waals surface area contributed by atoms with Gasteiger partial charge in [0.15, 0.2) is 0 Å². The minimum absolute atomic E-state index is 0.381. The number of benzene rings is 1. The molecule has 1 aromatic carbocycles. The topological polar surface area (TPSA) is 38.5 Å². The molecule has 0 saturated carbocycles. The van der Waals surface area contributed by atoms with Crippen molar-refractivity contribution >= 4 is 0 Å². The molecule has 0 aromatic heterocycles. The Labute approximate surface area is 109 Å². The standard InChI is InChI=1S/C15H22N2O/c1-17-12-5-6-13(17)9-15(8-12)18-14-4-2-3-11(7-14)10-16/h2-4,7,12-13,15H,5-6,8-10,16H2,1H3. The molecule has 0 spiro atoms. The molecule has 0 amide bonds. The maximum atomic E-state index is 6.14. The second-order valence-corrected chi connectivity index (χ2v) is 5.61. The van der Waals surface area contributed by atoms with Gasteiger partial charge >= 0.3 is 0 Å². The van der Waals surface area contributed by atoms with Crippen LogP contribution in [0.25, 0.3) is 0 Å². The molecule has 3 heteroatoms. The van der Waals surface area contributed by atoms with Gasteiger partial charge in [-0.25, -0.2) is 0 Å². The summed E-state index contributed by atoms with van der Waals surface area (Å²) in [6.45, 7) is 0.579. The third-order valence-corrected chi connectivity index (χ3v) is 4.49. The first-order valence-electron chi connectivity index (χ1n) is 6.94. The van der Waals surface area contributed by atoms with Crippen LogP contribution in [0.1, 0.15) is 31.2 Å². The highest BCUT2D eigenvalue weighted by Gasteiger charge is 2.39. The van der Waals surface area contributed by atoms with Gasteiger partial charge in [-0.3, -0.25) is 0 Å². The van der Waals surface area contributed by atoms with E-state index in [2.05, 4.69) is 18.0 Å². The fourth-order valence-electron chi connectivity index (χ4n) is 3.40. The average molecular weight is 246 g/mol. The van der Waals surface area contributed by atoms with Gasteiger partial charge in [-0.15, -0.1) is 0 Å². The summed E-state index contributed by atoms with van der Waals surface area (Å²) in [5.74, 6) is 0.979. The van der Waals surface area contributed by atoms with E-state index in [9.17, 15) is 0 Å². The number of ether oxygens (including phenoxy) is 1. The molecule has 18 heavy (non-hydrogen) atoms. The molecule has 2 heterocycles. The van der Waals surface area contributed by atoms with E-state index in [1.165, 1.54) is 25.7 Å². The highest BCUT2D eigenvalue weighted by molar-refractivity contribution is 5.28. The van der Waals surface area contributed by atoms with Crippen molar-refractivity contribution in [2.75, 3.05) is 7.05 Å². The smallest absolute Gasteiger partial charge is 0.120 e. The third kappa shape index (κ3) is 2.25. The minimum atomic E-state index is 0.381. The first-order chi connectivity index (χ1) is 8.76. The summed E-state index contributed by atoms with van der Waals surface area (Å²) in [6.07, 6.45) is 5.39. The van der Waals surface area contributed by atoms with Crippen LogP contribution in [0.5, 0.6) is 5.75 Å². The Kier molecular flexibility index (Phi) is 3.27. The first-order valence-corrected chi connectivity index (χ1v) is 6.94.